The van der Waals surface area contributed by atoms with Gasteiger partial charge >= 0.3 is 0 Å². The summed E-state index contributed by atoms with van der Waals surface area (Å²) in [6.45, 7) is 5.24. The number of hydrogen-bond donors (Lipinski definition) is 1. The number of halogens is 1. The molecule has 0 aliphatic heterocycles. The minimum absolute atomic E-state index is 0.0496. The standard InChI is InChI=1S/C16H25FN2O/c1-3-13(10-11-18)8-9-16(20)19(4-2)15-7-5-6-14(17)12-15/h5-7,12-13H,3-4,8-11,18H2,1-2H3. The lowest BCUT2D eigenvalue weighted by atomic mass is 9.96. The van der Waals surface area contributed by atoms with Crippen LogP contribution in [0.2, 0.25) is 0 Å². The second kappa shape index (κ2) is 8.69. The van der Waals surface area contributed by atoms with E-state index in [0.717, 1.165) is 19.3 Å². The first-order valence-electron chi connectivity index (χ1n) is 7.38. The van der Waals surface area contributed by atoms with E-state index in [1.807, 2.05) is 6.92 Å². The summed E-state index contributed by atoms with van der Waals surface area (Å²) in [7, 11) is 0. The van der Waals surface area contributed by atoms with Crippen molar-refractivity contribution in [3.63, 3.8) is 0 Å². The van der Waals surface area contributed by atoms with E-state index >= 15 is 0 Å². The van der Waals surface area contributed by atoms with Crippen LogP contribution >= 0.6 is 0 Å². The summed E-state index contributed by atoms with van der Waals surface area (Å²) in [6, 6.07) is 6.18. The van der Waals surface area contributed by atoms with Gasteiger partial charge in [-0.05, 0) is 50.4 Å². The maximum atomic E-state index is 13.2. The number of rotatable bonds is 8. The van der Waals surface area contributed by atoms with Gasteiger partial charge in [-0.15, -0.1) is 0 Å². The van der Waals surface area contributed by atoms with Crippen molar-refractivity contribution in [1.82, 2.24) is 0 Å². The van der Waals surface area contributed by atoms with Crippen LogP contribution in [0, 0.1) is 11.7 Å². The molecular formula is C16H25FN2O. The molecule has 0 aliphatic carbocycles. The third-order valence-electron chi connectivity index (χ3n) is 3.66. The highest BCUT2D eigenvalue weighted by atomic mass is 19.1. The van der Waals surface area contributed by atoms with Crippen LogP contribution in [0.1, 0.15) is 39.5 Å². The summed E-state index contributed by atoms with van der Waals surface area (Å²) in [5.74, 6) is 0.229. The molecule has 0 heterocycles. The van der Waals surface area contributed by atoms with Crippen molar-refractivity contribution in [2.24, 2.45) is 11.7 Å². The molecule has 0 aliphatic rings. The number of amides is 1. The van der Waals surface area contributed by atoms with Crippen molar-refractivity contribution in [2.75, 3.05) is 18.0 Å². The van der Waals surface area contributed by atoms with Gasteiger partial charge in [0.15, 0.2) is 0 Å². The van der Waals surface area contributed by atoms with Gasteiger partial charge in [0.2, 0.25) is 5.91 Å². The molecular weight excluding hydrogens is 255 g/mol. The number of hydrogen-bond acceptors (Lipinski definition) is 2. The van der Waals surface area contributed by atoms with Gasteiger partial charge in [-0.1, -0.05) is 19.4 Å². The predicted molar refractivity (Wildman–Crippen MR) is 81.1 cm³/mol. The molecule has 1 rings (SSSR count). The Balaban J connectivity index is 2.63. The lowest BCUT2D eigenvalue weighted by Crippen LogP contribution is -2.31. The van der Waals surface area contributed by atoms with E-state index in [1.165, 1.54) is 12.1 Å². The number of anilines is 1. The van der Waals surface area contributed by atoms with Crippen LogP contribution in [0.15, 0.2) is 24.3 Å². The minimum Gasteiger partial charge on any atom is -0.330 e. The quantitative estimate of drug-likeness (QED) is 0.794. The molecule has 112 valence electrons. The second-order valence-electron chi connectivity index (χ2n) is 5.01. The predicted octanol–water partition coefficient (Wildman–Crippen LogP) is 3.33. The van der Waals surface area contributed by atoms with Gasteiger partial charge in [0.1, 0.15) is 5.82 Å². The van der Waals surface area contributed by atoms with Gasteiger partial charge in [-0.25, -0.2) is 4.39 Å². The summed E-state index contributed by atoms with van der Waals surface area (Å²) in [5, 5.41) is 0. The van der Waals surface area contributed by atoms with Crippen molar-refractivity contribution in [3.8, 4) is 0 Å². The molecule has 4 heteroatoms. The van der Waals surface area contributed by atoms with Gasteiger partial charge in [0.25, 0.3) is 0 Å². The first-order chi connectivity index (χ1) is 9.62. The zero-order valence-electron chi connectivity index (χ0n) is 12.4. The highest BCUT2D eigenvalue weighted by Gasteiger charge is 2.16. The monoisotopic (exact) mass is 280 g/mol. The molecule has 0 bridgehead atoms. The van der Waals surface area contributed by atoms with Crippen LogP contribution in [-0.2, 0) is 4.79 Å². The van der Waals surface area contributed by atoms with Crippen LogP contribution in [0.3, 0.4) is 0 Å². The molecule has 0 spiro atoms. The summed E-state index contributed by atoms with van der Waals surface area (Å²) in [4.78, 5) is 13.9. The Bertz CT molecular complexity index is 423. The van der Waals surface area contributed by atoms with Gasteiger partial charge in [-0.3, -0.25) is 4.79 Å². The summed E-state index contributed by atoms with van der Waals surface area (Å²) < 4.78 is 13.2. The SMILES string of the molecule is CCC(CCN)CCC(=O)N(CC)c1cccc(F)c1. The largest absolute Gasteiger partial charge is 0.330 e. The number of nitrogens with zero attached hydrogens (tertiary/aromatic N) is 1. The Morgan fingerprint density at radius 1 is 1.35 bits per heavy atom. The van der Waals surface area contributed by atoms with Gasteiger partial charge in [0, 0.05) is 18.7 Å². The zero-order valence-corrected chi connectivity index (χ0v) is 12.4. The van der Waals surface area contributed by atoms with Crippen molar-refractivity contribution >= 4 is 11.6 Å². The highest BCUT2D eigenvalue weighted by Crippen LogP contribution is 2.20. The highest BCUT2D eigenvalue weighted by molar-refractivity contribution is 5.93. The topological polar surface area (TPSA) is 46.3 Å². The van der Waals surface area contributed by atoms with Crippen molar-refractivity contribution < 1.29 is 9.18 Å². The maximum absolute atomic E-state index is 13.2. The molecule has 2 N–H and O–H groups in total. The molecule has 1 aromatic carbocycles. The van der Waals surface area contributed by atoms with E-state index < -0.39 is 0 Å². The normalized spacial score (nSPS) is 12.2. The van der Waals surface area contributed by atoms with E-state index in [0.29, 0.717) is 31.1 Å². The van der Waals surface area contributed by atoms with Crippen LogP contribution < -0.4 is 10.6 Å². The fourth-order valence-electron chi connectivity index (χ4n) is 2.40. The Labute approximate surface area is 121 Å². The van der Waals surface area contributed by atoms with Crippen LogP contribution in [0.5, 0.6) is 0 Å². The molecule has 1 aromatic rings. The minimum atomic E-state index is -0.316. The number of carbonyl (C=O) groups excluding carboxylic acids is 1. The molecule has 1 amide bonds. The summed E-state index contributed by atoms with van der Waals surface area (Å²) >= 11 is 0. The molecule has 0 fully saturated rings. The third-order valence-corrected chi connectivity index (χ3v) is 3.66. The van der Waals surface area contributed by atoms with E-state index in [1.54, 1.807) is 17.0 Å². The first kappa shape index (κ1) is 16.6. The first-order valence-corrected chi connectivity index (χ1v) is 7.38. The number of nitrogens with two attached hydrogens (primary N) is 1. The number of carbonyl (C=O) groups is 1. The van der Waals surface area contributed by atoms with Crippen LogP contribution in [0.25, 0.3) is 0 Å². The van der Waals surface area contributed by atoms with Gasteiger partial charge in [0.05, 0.1) is 0 Å². The molecule has 3 nitrogen and oxygen atoms in total. The molecule has 0 saturated carbocycles. The van der Waals surface area contributed by atoms with E-state index in [4.69, 9.17) is 5.73 Å². The van der Waals surface area contributed by atoms with E-state index in [2.05, 4.69) is 6.92 Å². The van der Waals surface area contributed by atoms with Gasteiger partial charge in [-0.2, -0.15) is 0 Å². The molecule has 20 heavy (non-hydrogen) atoms. The Morgan fingerprint density at radius 3 is 2.65 bits per heavy atom. The van der Waals surface area contributed by atoms with Crippen molar-refractivity contribution in [1.29, 1.82) is 0 Å². The van der Waals surface area contributed by atoms with Crippen LogP contribution in [-0.4, -0.2) is 19.0 Å². The average molecular weight is 280 g/mol. The lowest BCUT2D eigenvalue weighted by Gasteiger charge is -2.22. The van der Waals surface area contributed by atoms with E-state index in [9.17, 15) is 9.18 Å². The Morgan fingerprint density at radius 2 is 2.10 bits per heavy atom. The molecule has 1 unspecified atom stereocenters. The van der Waals surface area contributed by atoms with Crippen molar-refractivity contribution in [3.05, 3.63) is 30.1 Å². The van der Waals surface area contributed by atoms with E-state index in [-0.39, 0.29) is 11.7 Å². The third kappa shape index (κ3) is 4.93. The lowest BCUT2D eigenvalue weighted by molar-refractivity contribution is -0.118. The molecule has 1 atom stereocenters. The summed E-state index contributed by atoms with van der Waals surface area (Å²) in [6.07, 6.45) is 3.33. The zero-order chi connectivity index (χ0) is 15.0. The maximum Gasteiger partial charge on any atom is 0.226 e. The molecule has 0 radical (unpaired) electrons. The fraction of sp³-hybridized carbons (Fsp3) is 0.562. The average Bonchev–Trinajstić information content (AvgIpc) is 2.44. The Kier molecular flexibility index (Phi) is 7.23. The summed E-state index contributed by atoms with van der Waals surface area (Å²) in [5.41, 5.74) is 6.20. The van der Waals surface area contributed by atoms with Crippen LogP contribution in [0.4, 0.5) is 10.1 Å². The second-order valence-corrected chi connectivity index (χ2v) is 5.01. The molecule has 0 aromatic heterocycles. The van der Waals surface area contributed by atoms with Gasteiger partial charge < -0.3 is 10.6 Å². The van der Waals surface area contributed by atoms with Crippen molar-refractivity contribution in [2.45, 2.75) is 39.5 Å². The smallest absolute Gasteiger partial charge is 0.226 e. The molecule has 0 saturated heterocycles. The fourth-order valence-corrected chi connectivity index (χ4v) is 2.40. The number of benzene rings is 1. The Hall–Kier alpha value is -1.42.